The molecule has 164 valence electrons. The van der Waals surface area contributed by atoms with E-state index in [4.69, 9.17) is 9.72 Å². The van der Waals surface area contributed by atoms with Crippen LogP contribution in [0.4, 0.5) is 0 Å². The largest absolute Gasteiger partial charge is 1.00 e. The number of benzene rings is 2. The number of hydrogen-bond donors (Lipinski definition) is 0. The maximum Gasteiger partial charge on any atom is 1.00 e. The van der Waals surface area contributed by atoms with E-state index in [1.165, 1.54) is 11.8 Å². The molecule has 33 heavy (non-hydrogen) atoms. The van der Waals surface area contributed by atoms with Crippen LogP contribution in [0.5, 0.6) is 5.75 Å². The first kappa shape index (κ1) is 24.2. The van der Waals surface area contributed by atoms with Gasteiger partial charge in [-0.05, 0) is 73.7 Å². The predicted molar refractivity (Wildman–Crippen MR) is 128 cm³/mol. The van der Waals surface area contributed by atoms with Crippen LogP contribution in [0.1, 0.15) is 54.1 Å². The molecule has 1 saturated carbocycles. The van der Waals surface area contributed by atoms with Crippen molar-refractivity contribution in [2.24, 2.45) is 5.92 Å². The van der Waals surface area contributed by atoms with Crippen LogP contribution in [0.2, 0.25) is 0 Å². The van der Waals surface area contributed by atoms with Crippen LogP contribution >= 0.6 is 11.3 Å². The van der Waals surface area contributed by atoms with Crippen LogP contribution in [0.25, 0.3) is 31.6 Å². The van der Waals surface area contributed by atoms with Gasteiger partial charge >= 0.3 is 29.6 Å². The number of ether oxygens (including phenoxy) is 1. The number of carbonyl (C=O) groups excluding carboxylic acids is 1. The molecule has 4 nitrogen and oxygen atoms in total. The molecule has 0 unspecified atom stereocenters. The van der Waals surface area contributed by atoms with Gasteiger partial charge < -0.3 is 14.6 Å². The summed E-state index contributed by atoms with van der Waals surface area (Å²) in [5.74, 6) is -0.167. The molecule has 0 bridgehead atoms. The first-order valence-electron chi connectivity index (χ1n) is 11.2. The normalized spacial score (nSPS) is 18.3. The molecule has 0 saturated heterocycles. The van der Waals surface area contributed by atoms with E-state index in [0.29, 0.717) is 28.3 Å². The molecule has 0 aliphatic heterocycles. The average molecular weight is 468 g/mol. The van der Waals surface area contributed by atoms with Gasteiger partial charge in [0.1, 0.15) is 11.9 Å². The summed E-state index contributed by atoms with van der Waals surface area (Å²) in [5, 5.41) is 14.0. The summed E-state index contributed by atoms with van der Waals surface area (Å²) in [7, 11) is 0. The fourth-order valence-corrected chi connectivity index (χ4v) is 6.03. The second-order valence-corrected chi connectivity index (χ2v) is 9.97. The Morgan fingerprint density at radius 1 is 1.12 bits per heavy atom. The fraction of sp³-hybridized carbons (Fsp3) is 0.333. The van der Waals surface area contributed by atoms with Crippen LogP contribution in [-0.2, 0) is 0 Å². The molecule has 2 aromatic heterocycles. The van der Waals surface area contributed by atoms with Gasteiger partial charge in [-0.1, -0.05) is 37.6 Å². The molecule has 1 aliphatic carbocycles. The number of fused-ring (bicyclic) bond motifs is 2. The van der Waals surface area contributed by atoms with E-state index in [9.17, 15) is 9.90 Å². The molecule has 5 rings (SSSR count). The molecule has 4 aromatic rings. The van der Waals surface area contributed by atoms with Gasteiger partial charge in [-0.25, -0.2) is 4.98 Å². The third kappa shape index (κ3) is 4.44. The first-order chi connectivity index (χ1) is 15.4. The maximum atomic E-state index is 12.3. The number of thiophene rings is 1. The van der Waals surface area contributed by atoms with E-state index in [2.05, 4.69) is 26.0 Å². The van der Waals surface area contributed by atoms with Crippen LogP contribution < -0.4 is 39.4 Å². The Balaban J connectivity index is 0.00000259. The third-order valence-corrected chi connectivity index (χ3v) is 8.03. The Bertz CT molecular complexity index is 1350. The van der Waals surface area contributed by atoms with Gasteiger partial charge in [0.05, 0.1) is 27.4 Å². The number of carboxylic acids is 1. The van der Waals surface area contributed by atoms with E-state index < -0.39 is 5.97 Å². The van der Waals surface area contributed by atoms with Gasteiger partial charge in [-0.15, -0.1) is 11.3 Å². The standard InChI is InChI=1S/C27H27NO3S.Na/c1-15-8-4-6-10-21(15)31-22-13-12-16(2)25-24(22)19(27(29)30)14-20(28-25)26-17(3)18-9-5-7-11-23(18)32-26;/h5,7,9,11-15,21H,4,6,8,10H2,1-3H3,(H,29,30);/q;+1/p-1/t15-,21-;/m1./s1. The van der Waals surface area contributed by atoms with Crippen molar-refractivity contribution in [2.45, 2.75) is 52.6 Å². The monoisotopic (exact) mass is 467 g/mol. The summed E-state index contributed by atoms with van der Waals surface area (Å²) in [6.45, 7) is 6.24. The summed E-state index contributed by atoms with van der Waals surface area (Å²) in [4.78, 5) is 18.2. The summed E-state index contributed by atoms with van der Waals surface area (Å²) in [6.07, 6.45) is 4.58. The predicted octanol–water partition coefficient (Wildman–Crippen LogP) is 3.06. The van der Waals surface area contributed by atoms with Crippen LogP contribution in [0.15, 0.2) is 42.5 Å². The molecule has 2 heterocycles. The Morgan fingerprint density at radius 2 is 1.88 bits per heavy atom. The topological polar surface area (TPSA) is 62.2 Å². The molecular weight excluding hydrogens is 441 g/mol. The van der Waals surface area contributed by atoms with E-state index in [1.54, 1.807) is 17.4 Å². The van der Waals surface area contributed by atoms with Crippen LogP contribution in [0, 0.1) is 19.8 Å². The number of carboxylic acid groups (broad SMARTS) is 1. The zero-order valence-electron chi connectivity index (χ0n) is 19.6. The number of aryl methyl sites for hydroxylation is 2. The van der Waals surface area contributed by atoms with Gasteiger partial charge in [0, 0.05) is 10.3 Å². The second-order valence-electron chi connectivity index (χ2n) is 8.92. The molecule has 2 atom stereocenters. The summed E-state index contributed by atoms with van der Waals surface area (Å²) < 4.78 is 7.58. The SMILES string of the molecule is Cc1c(-c2cc(C(=O)[O-])c3c(O[C@@H]4CCCC[C@H]4C)ccc(C)c3n2)sc2ccccc12.[Na+]. The summed E-state index contributed by atoms with van der Waals surface area (Å²) >= 11 is 1.64. The zero-order chi connectivity index (χ0) is 22.4. The fourth-order valence-electron chi connectivity index (χ4n) is 4.86. The van der Waals surface area contributed by atoms with Gasteiger partial charge in [0.2, 0.25) is 0 Å². The molecule has 6 heteroatoms. The number of rotatable bonds is 4. The quantitative estimate of drug-likeness (QED) is 0.433. The van der Waals surface area contributed by atoms with Crippen molar-refractivity contribution in [3.8, 4) is 16.3 Å². The minimum atomic E-state index is -1.20. The van der Waals surface area contributed by atoms with Crippen molar-refractivity contribution >= 4 is 38.3 Å². The number of aromatic nitrogens is 1. The van der Waals surface area contributed by atoms with Crippen LogP contribution in [-0.4, -0.2) is 17.1 Å². The third-order valence-electron chi connectivity index (χ3n) is 6.73. The average Bonchev–Trinajstić information content (AvgIpc) is 3.13. The minimum absolute atomic E-state index is 0. The van der Waals surface area contributed by atoms with Crippen molar-refractivity contribution in [1.29, 1.82) is 0 Å². The molecule has 0 amide bonds. The van der Waals surface area contributed by atoms with Gasteiger partial charge in [0.15, 0.2) is 0 Å². The number of hydrogen-bond acceptors (Lipinski definition) is 5. The molecule has 1 aliphatic rings. The zero-order valence-corrected chi connectivity index (χ0v) is 22.4. The first-order valence-corrected chi connectivity index (χ1v) is 12.1. The van der Waals surface area contributed by atoms with Gasteiger partial charge in [0.25, 0.3) is 0 Å². The Labute approximate surface area is 220 Å². The van der Waals surface area contributed by atoms with Crippen molar-refractivity contribution in [3.63, 3.8) is 0 Å². The molecule has 0 N–H and O–H groups in total. The summed E-state index contributed by atoms with van der Waals surface area (Å²) in [6, 6.07) is 13.7. The number of nitrogens with zero attached hydrogens (tertiary/aromatic N) is 1. The molecule has 2 aromatic carbocycles. The van der Waals surface area contributed by atoms with Crippen molar-refractivity contribution in [1.82, 2.24) is 4.98 Å². The van der Waals surface area contributed by atoms with E-state index >= 15 is 0 Å². The van der Waals surface area contributed by atoms with E-state index in [1.807, 2.05) is 31.2 Å². The van der Waals surface area contributed by atoms with Gasteiger partial charge in [-0.2, -0.15) is 0 Å². The molecule has 0 radical (unpaired) electrons. The van der Waals surface area contributed by atoms with Crippen LogP contribution in [0.3, 0.4) is 0 Å². The van der Waals surface area contributed by atoms with E-state index in [-0.39, 0.29) is 41.2 Å². The Morgan fingerprint density at radius 3 is 2.61 bits per heavy atom. The minimum Gasteiger partial charge on any atom is -0.545 e. The number of carbonyl (C=O) groups is 1. The molecule has 0 spiro atoms. The second kappa shape index (κ2) is 9.75. The van der Waals surface area contributed by atoms with Crippen molar-refractivity contribution < 1.29 is 44.2 Å². The smallest absolute Gasteiger partial charge is 0.545 e. The molecule has 1 fully saturated rings. The van der Waals surface area contributed by atoms with Crippen molar-refractivity contribution in [3.05, 3.63) is 59.2 Å². The molecular formula is C27H26NNaO3S. The maximum absolute atomic E-state index is 12.3. The Hall–Kier alpha value is -1.92. The Kier molecular flexibility index (Phi) is 7.15. The van der Waals surface area contributed by atoms with Crippen molar-refractivity contribution in [2.75, 3.05) is 0 Å². The van der Waals surface area contributed by atoms with Gasteiger partial charge in [-0.3, -0.25) is 0 Å². The number of aromatic carboxylic acids is 1. The van der Waals surface area contributed by atoms with E-state index in [0.717, 1.165) is 40.0 Å². The summed E-state index contributed by atoms with van der Waals surface area (Å²) in [5.41, 5.74) is 3.51. The number of pyridine rings is 1.